The van der Waals surface area contributed by atoms with Crippen molar-refractivity contribution in [2.45, 2.75) is 29.6 Å². The number of rotatable bonds is 7. The van der Waals surface area contributed by atoms with Crippen LogP contribution >= 0.6 is 23.1 Å². The monoisotopic (exact) mass is 322 g/mol. The van der Waals surface area contributed by atoms with Gasteiger partial charge in [-0.25, -0.2) is 0 Å². The van der Waals surface area contributed by atoms with Crippen LogP contribution in [0.3, 0.4) is 0 Å². The average molecular weight is 322 g/mol. The summed E-state index contributed by atoms with van der Waals surface area (Å²) in [5.41, 5.74) is 0. The van der Waals surface area contributed by atoms with Gasteiger partial charge in [0.15, 0.2) is 0 Å². The Labute approximate surface area is 134 Å². The Balaban J connectivity index is 1.57. The molecule has 0 bridgehead atoms. The van der Waals surface area contributed by atoms with Crippen molar-refractivity contribution in [1.82, 2.24) is 10.2 Å². The molecule has 0 unspecified atom stereocenters. The van der Waals surface area contributed by atoms with E-state index < -0.39 is 0 Å². The number of furan rings is 1. The Morgan fingerprint density at radius 3 is 2.86 bits per heavy atom. The van der Waals surface area contributed by atoms with Crippen LogP contribution in [0.1, 0.15) is 29.5 Å². The summed E-state index contributed by atoms with van der Waals surface area (Å²) in [6, 6.07) is 8.88. The lowest BCUT2D eigenvalue weighted by molar-refractivity contribution is 0.209. The first-order chi connectivity index (χ1) is 10.4. The van der Waals surface area contributed by atoms with E-state index in [0.29, 0.717) is 6.04 Å². The fourth-order valence-corrected chi connectivity index (χ4v) is 4.40. The normalized spacial score (nSPS) is 17.4. The standard InChI is InChI=1S/C16H22N2OS2/c1-20-16-7-6-13(21-16)11-17-12-14(15-5-4-10-19-15)18-8-2-3-9-18/h4-7,10,14,17H,2-3,8-9,11-12H2,1H3/t14-/m1/s1. The van der Waals surface area contributed by atoms with Gasteiger partial charge >= 0.3 is 0 Å². The molecule has 0 aromatic carbocycles. The number of nitrogens with zero attached hydrogens (tertiary/aromatic N) is 1. The van der Waals surface area contributed by atoms with Gasteiger partial charge in [-0.1, -0.05) is 0 Å². The van der Waals surface area contributed by atoms with Crippen LogP contribution in [0.4, 0.5) is 0 Å². The van der Waals surface area contributed by atoms with Crippen molar-refractivity contribution in [2.75, 3.05) is 25.9 Å². The summed E-state index contributed by atoms with van der Waals surface area (Å²) in [7, 11) is 0. The van der Waals surface area contributed by atoms with Gasteiger partial charge in [-0.05, 0) is 56.5 Å². The van der Waals surface area contributed by atoms with E-state index in [1.165, 1.54) is 35.0 Å². The highest BCUT2D eigenvalue weighted by Gasteiger charge is 2.25. The Bertz CT molecular complexity index is 532. The van der Waals surface area contributed by atoms with Gasteiger partial charge in [0.05, 0.1) is 16.5 Å². The highest BCUT2D eigenvalue weighted by atomic mass is 32.2. The number of thiophene rings is 1. The van der Waals surface area contributed by atoms with Crippen LogP contribution in [0.2, 0.25) is 0 Å². The quantitative estimate of drug-likeness (QED) is 0.780. The van der Waals surface area contributed by atoms with Gasteiger partial charge in [0.25, 0.3) is 0 Å². The minimum Gasteiger partial charge on any atom is -0.468 e. The molecule has 3 nitrogen and oxygen atoms in total. The lowest BCUT2D eigenvalue weighted by Gasteiger charge is -2.26. The zero-order chi connectivity index (χ0) is 14.5. The molecule has 1 aliphatic rings. The Kier molecular flexibility index (Phi) is 5.41. The van der Waals surface area contributed by atoms with Crippen molar-refractivity contribution in [3.63, 3.8) is 0 Å². The highest BCUT2D eigenvalue weighted by Crippen LogP contribution is 2.27. The van der Waals surface area contributed by atoms with Gasteiger partial charge in [-0.15, -0.1) is 23.1 Å². The second kappa shape index (κ2) is 7.49. The SMILES string of the molecule is CSc1ccc(CNC[C@H](c2ccco2)N2CCCC2)s1. The van der Waals surface area contributed by atoms with E-state index in [4.69, 9.17) is 4.42 Å². The van der Waals surface area contributed by atoms with Gasteiger partial charge in [0.2, 0.25) is 0 Å². The molecule has 1 aliphatic heterocycles. The average Bonchev–Trinajstić information content (AvgIpc) is 3.24. The smallest absolute Gasteiger partial charge is 0.122 e. The molecule has 21 heavy (non-hydrogen) atoms. The molecule has 1 N–H and O–H groups in total. The molecule has 3 heterocycles. The molecule has 1 fully saturated rings. The molecule has 1 atom stereocenters. The summed E-state index contributed by atoms with van der Waals surface area (Å²) < 4.78 is 7.03. The summed E-state index contributed by atoms with van der Waals surface area (Å²) in [6.07, 6.45) is 6.52. The minimum absolute atomic E-state index is 0.363. The molecule has 0 saturated carbocycles. The van der Waals surface area contributed by atoms with Crippen LogP contribution in [0.25, 0.3) is 0 Å². The molecule has 2 aromatic rings. The van der Waals surface area contributed by atoms with E-state index in [1.807, 2.05) is 29.2 Å². The third kappa shape index (κ3) is 3.92. The highest BCUT2D eigenvalue weighted by molar-refractivity contribution is 8.00. The van der Waals surface area contributed by atoms with Crippen molar-refractivity contribution in [3.05, 3.63) is 41.2 Å². The van der Waals surface area contributed by atoms with E-state index >= 15 is 0 Å². The molecular formula is C16H22N2OS2. The summed E-state index contributed by atoms with van der Waals surface area (Å²) in [4.78, 5) is 3.94. The van der Waals surface area contributed by atoms with Crippen molar-refractivity contribution in [2.24, 2.45) is 0 Å². The fraction of sp³-hybridized carbons (Fsp3) is 0.500. The number of hydrogen-bond acceptors (Lipinski definition) is 5. The first-order valence-corrected chi connectivity index (χ1v) is 9.52. The molecule has 1 saturated heterocycles. The van der Waals surface area contributed by atoms with Gasteiger partial charge < -0.3 is 9.73 Å². The van der Waals surface area contributed by atoms with Crippen LogP contribution in [0.15, 0.2) is 39.2 Å². The van der Waals surface area contributed by atoms with Crippen molar-refractivity contribution in [1.29, 1.82) is 0 Å². The number of likely N-dealkylation sites (tertiary alicyclic amines) is 1. The molecule has 0 aliphatic carbocycles. The van der Waals surface area contributed by atoms with Gasteiger partial charge in [0, 0.05) is 18.0 Å². The fourth-order valence-electron chi connectivity index (χ4n) is 2.84. The molecule has 0 spiro atoms. The van der Waals surface area contributed by atoms with Crippen LogP contribution < -0.4 is 5.32 Å². The Morgan fingerprint density at radius 2 is 2.19 bits per heavy atom. The van der Waals surface area contributed by atoms with E-state index in [2.05, 4.69) is 34.7 Å². The number of nitrogens with one attached hydrogen (secondary N) is 1. The van der Waals surface area contributed by atoms with E-state index in [-0.39, 0.29) is 0 Å². The topological polar surface area (TPSA) is 28.4 Å². The summed E-state index contributed by atoms with van der Waals surface area (Å²) in [5.74, 6) is 1.08. The first-order valence-electron chi connectivity index (χ1n) is 7.47. The number of hydrogen-bond donors (Lipinski definition) is 1. The zero-order valence-corrected chi connectivity index (χ0v) is 14.0. The van der Waals surface area contributed by atoms with Gasteiger partial charge in [-0.2, -0.15) is 0 Å². The van der Waals surface area contributed by atoms with Crippen molar-refractivity contribution < 1.29 is 4.42 Å². The van der Waals surface area contributed by atoms with Crippen LogP contribution in [0.5, 0.6) is 0 Å². The molecule has 0 amide bonds. The second-order valence-electron chi connectivity index (χ2n) is 5.33. The molecule has 2 aromatic heterocycles. The van der Waals surface area contributed by atoms with Crippen LogP contribution in [-0.4, -0.2) is 30.8 Å². The maximum atomic E-state index is 5.65. The van der Waals surface area contributed by atoms with Crippen molar-refractivity contribution >= 4 is 23.1 Å². The third-order valence-electron chi connectivity index (χ3n) is 3.93. The molecule has 0 radical (unpaired) electrons. The minimum atomic E-state index is 0.363. The Hall–Kier alpha value is -0.750. The summed E-state index contributed by atoms with van der Waals surface area (Å²) in [5, 5.41) is 3.60. The molecular weight excluding hydrogens is 300 g/mol. The maximum Gasteiger partial charge on any atom is 0.122 e. The lowest BCUT2D eigenvalue weighted by Crippen LogP contribution is -2.33. The predicted octanol–water partition coefficient (Wildman–Crippen LogP) is 3.99. The molecule has 5 heteroatoms. The summed E-state index contributed by atoms with van der Waals surface area (Å²) in [6.45, 7) is 4.25. The van der Waals surface area contributed by atoms with Crippen molar-refractivity contribution in [3.8, 4) is 0 Å². The summed E-state index contributed by atoms with van der Waals surface area (Å²) >= 11 is 3.69. The second-order valence-corrected chi connectivity index (χ2v) is 7.60. The van der Waals surface area contributed by atoms with Crippen LogP contribution in [-0.2, 0) is 6.54 Å². The van der Waals surface area contributed by atoms with Gasteiger partial charge in [-0.3, -0.25) is 4.90 Å². The Morgan fingerprint density at radius 1 is 1.33 bits per heavy atom. The predicted molar refractivity (Wildman–Crippen MR) is 90.1 cm³/mol. The van der Waals surface area contributed by atoms with E-state index in [1.54, 1.807) is 6.26 Å². The van der Waals surface area contributed by atoms with E-state index in [9.17, 15) is 0 Å². The molecule has 3 rings (SSSR count). The van der Waals surface area contributed by atoms with Gasteiger partial charge in [0.1, 0.15) is 5.76 Å². The van der Waals surface area contributed by atoms with E-state index in [0.717, 1.165) is 18.8 Å². The first kappa shape index (κ1) is 15.2. The molecule has 114 valence electrons. The third-order valence-corrected chi connectivity index (χ3v) is 6.10. The maximum absolute atomic E-state index is 5.65. The number of thioether (sulfide) groups is 1. The van der Waals surface area contributed by atoms with Crippen LogP contribution in [0, 0.1) is 0 Å². The lowest BCUT2D eigenvalue weighted by atomic mass is 10.2. The largest absolute Gasteiger partial charge is 0.468 e. The zero-order valence-electron chi connectivity index (χ0n) is 12.4.